The van der Waals surface area contributed by atoms with E-state index in [9.17, 15) is 19.2 Å². The second-order valence-electron chi connectivity index (χ2n) is 8.57. The Labute approximate surface area is 193 Å². The highest BCUT2D eigenvalue weighted by Crippen LogP contribution is 2.19. The Morgan fingerprint density at radius 2 is 1.88 bits per heavy atom. The molecule has 0 fully saturated rings. The van der Waals surface area contributed by atoms with Gasteiger partial charge in [-0.15, -0.1) is 0 Å². The van der Waals surface area contributed by atoms with E-state index < -0.39 is 29.7 Å². The average Bonchev–Trinajstić information content (AvgIpc) is 2.80. The first-order chi connectivity index (χ1) is 15.8. The van der Waals surface area contributed by atoms with E-state index in [1.807, 2.05) is 36.4 Å². The van der Waals surface area contributed by atoms with Gasteiger partial charge in [-0.25, -0.2) is 4.79 Å². The van der Waals surface area contributed by atoms with Gasteiger partial charge in [0.1, 0.15) is 6.61 Å². The monoisotopic (exact) mass is 451 g/mol. The number of fused-ring (bicyclic) bond motifs is 2. The van der Waals surface area contributed by atoms with Crippen molar-refractivity contribution >= 4 is 23.6 Å². The number of carbonyl (C=O) groups excluding carboxylic acids is 4. The predicted molar refractivity (Wildman–Crippen MR) is 121 cm³/mol. The fraction of sp³-hybridized carbons (Fsp3) is 0.400. The summed E-state index contributed by atoms with van der Waals surface area (Å²) >= 11 is 0. The lowest BCUT2D eigenvalue weighted by atomic mass is 9.86. The molecule has 0 aliphatic carbocycles. The molecule has 0 saturated heterocycles. The standard InChI is InChI=1S/C25H29N3O5/c1-16(2)22(28-25(32)33-15-17-6-4-3-5-7-17)21(29)12-20-11-19-10-18(13-26-14-19)8-9-27-24(31)23(20)30/h3-7,10,13-14,16,20,22H,8-9,11-12,15H2,1-2H3,(H,27,31)(H,28,32). The van der Waals surface area contributed by atoms with Crippen molar-refractivity contribution in [1.29, 1.82) is 0 Å². The molecule has 0 radical (unpaired) electrons. The number of hydrogen-bond acceptors (Lipinski definition) is 6. The Bertz CT molecular complexity index is 1010. The number of Topliss-reactive ketones (excluding diaryl/α,β-unsaturated/α-hetero) is 2. The van der Waals surface area contributed by atoms with Crippen LogP contribution < -0.4 is 10.6 Å². The van der Waals surface area contributed by atoms with Crippen LogP contribution in [0, 0.1) is 11.8 Å². The average molecular weight is 452 g/mol. The number of hydrogen-bond donors (Lipinski definition) is 2. The molecule has 1 aliphatic heterocycles. The maximum atomic E-state index is 13.1. The van der Waals surface area contributed by atoms with Crippen LogP contribution >= 0.6 is 0 Å². The summed E-state index contributed by atoms with van der Waals surface area (Å²) in [5.74, 6) is -2.72. The van der Waals surface area contributed by atoms with Crippen molar-refractivity contribution in [2.24, 2.45) is 11.8 Å². The number of benzene rings is 1. The SMILES string of the molecule is CC(C)C(NC(=O)OCc1ccccc1)C(=O)CC1Cc2cncc(c2)CCNC(=O)C1=O. The Kier molecular flexibility index (Phi) is 8.29. The van der Waals surface area contributed by atoms with Crippen LogP contribution in [0.3, 0.4) is 0 Å². The highest BCUT2D eigenvalue weighted by atomic mass is 16.5. The molecule has 8 heteroatoms. The predicted octanol–water partition coefficient (Wildman–Crippen LogP) is 2.39. The highest BCUT2D eigenvalue weighted by Gasteiger charge is 2.33. The van der Waals surface area contributed by atoms with Crippen molar-refractivity contribution in [2.75, 3.05) is 6.54 Å². The Balaban J connectivity index is 1.68. The molecular weight excluding hydrogens is 422 g/mol. The zero-order valence-corrected chi connectivity index (χ0v) is 18.9. The van der Waals surface area contributed by atoms with Crippen LogP contribution in [-0.4, -0.2) is 41.1 Å². The van der Waals surface area contributed by atoms with Gasteiger partial charge < -0.3 is 15.4 Å². The summed E-state index contributed by atoms with van der Waals surface area (Å²) in [4.78, 5) is 54.7. The third-order valence-corrected chi connectivity index (χ3v) is 5.57. The topological polar surface area (TPSA) is 114 Å². The first-order valence-electron chi connectivity index (χ1n) is 11.1. The molecule has 174 valence electrons. The molecule has 2 atom stereocenters. The van der Waals surface area contributed by atoms with Crippen molar-refractivity contribution in [1.82, 2.24) is 15.6 Å². The molecule has 3 rings (SSSR count). The molecule has 2 amide bonds. The summed E-state index contributed by atoms with van der Waals surface area (Å²) in [5.41, 5.74) is 2.58. The number of nitrogens with zero attached hydrogens (tertiary/aromatic N) is 1. The number of rotatable bonds is 7. The molecule has 2 N–H and O–H groups in total. The van der Waals surface area contributed by atoms with Gasteiger partial charge >= 0.3 is 6.09 Å². The van der Waals surface area contributed by atoms with Gasteiger partial charge in [0.15, 0.2) is 5.78 Å². The van der Waals surface area contributed by atoms with Crippen molar-refractivity contribution in [3.05, 3.63) is 65.5 Å². The van der Waals surface area contributed by atoms with E-state index in [0.29, 0.717) is 13.0 Å². The number of ether oxygens (including phenoxy) is 1. The van der Waals surface area contributed by atoms with Crippen molar-refractivity contribution in [2.45, 2.75) is 45.8 Å². The van der Waals surface area contributed by atoms with Crippen LogP contribution in [0.5, 0.6) is 0 Å². The third-order valence-electron chi connectivity index (χ3n) is 5.57. The van der Waals surface area contributed by atoms with E-state index in [1.54, 1.807) is 26.2 Å². The third kappa shape index (κ3) is 6.97. The molecule has 2 heterocycles. The van der Waals surface area contributed by atoms with Crippen molar-refractivity contribution in [3.8, 4) is 0 Å². The lowest BCUT2D eigenvalue weighted by molar-refractivity contribution is -0.141. The summed E-state index contributed by atoms with van der Waals surface area (Å²) in [6.07, 6.45) is 3.29. The fourth-order valence-corrected chi connectivity index (χ4v) is 3.81. The van der Waals surface area contributed by atoms with Crippen LogP contribution in [0.2, 0.25) is 0 Å². The second-order valence-corrected chi connectivity index (χ2v) is 8.57. The number of carbonyl (C=O) groups is 4. The van der Waals surface area contributed by atoms with E-state index >= 15 is 0 Å². The first-order valence-corrected chi connectivity index (χ1v) is 11.1. The minimum absolute atomic E-state index is 0.0797. The van der Waals surface area contributed by atoms with Gasteiger partial charge in [0.05, 0.1) is 6.04 Å². The summed E-state index contributed by atoms with van der Waals surface area (Å²) in [5, 5.41) is 5.24. The summed E-state index contributed by atoms with van der Waals surface area (Å²) in [7, 11) is 0. The lowest BCUT2D eigenvalue weighted by Gasteiger charge is -2.24. The quantitative estimate of drug-likeness (QED) is 0.625. The van der Waals surface area contributed by atoms with E-state index in [1.165, 1.54) is 0 Å². The van der Waals surface area contributed by atoms with Gasteiger partial charge in [-0.3, -0.25) is 19.4 Å². The van der Waals surface area contributed by atoms with Crippen LogP contribution in [0.25, 0.3) is 0 Å². The molecule has 2 bridgehead atoms. The minimum atomic E-state index is -0.844. The highest BCUT2D eigenvalue weighted by molar-refractivity contribution is 6.37. The largest absolute Gasteiger partial charge is 0.445 e. The number of amides is 2. The summed E-state index contributed by atoms with van der Waals surface area (Å²) in [6.45, 7) is 4.00. The van der Waals surface area contributed by atoms with Gasteiger partial charge in [-0.05, 0) is 35.4 Å². The Hall–Kier alpha value is -3.55. The van der Waals surface area contributed by atoms with Crippen molar-refractivity contribution in [3.63, 3.8) is 0 Å². The molecule has 0 spiro atoms. The normalized spacial score (nSPS) is 17.1. The van der Waals surface area contributed by atoms with Gasteiger partial charge in [-0.1, -0.05) is 50.2 Å². The first kappa shape index (κ1) is 24.1. The number of alkyl carbamates (subject to hydrolysis) is 1. The van der Waals surface area contributed by atoms with Gasteiger partial charge in [0, 0.05) is 31.3 Å². The Morgan fingerprint density at radius 3 is 2.61 bits per heavy atom. The Morgan fingerprint density at radius 1 is 1.15 bits per heavy atom. The molecule has 33 heavy (non-hydrogen) atoms. The fourth-order valence-electron chi connectivity index (χ4n) is 3.81. The second kappa shape index (κ2) is 11.4. The zero-order valence-electron chi connectivity index (χ0n) is 18.9. The number of ketones is 2. The number of aromatic nitrogens is 1. The molecule has 1 aliphatic rings. The maximum Gasteiger partial charge on any atom is 0.408 e. The molecule has 1 aromatic heterocycles. The maximum absolute atomic E-state index is 13.1. The smallest absolute Gasteiger partial charge is 0.408 e. The van der Waals surface area contributed by atoms with E-state index in [4.69, 9.17) is 4.74 Å². The van der Waals surface area contributed by atoms with E-state index in [-0.39, 0.29) is 31.1 Å². The number of nitrogens with one attached hydrogen (secondary N) is 2. The molecular formula is C25H29N3O5. The molecule has 0 saturated carbocycles. The summed E-state index contributed by atoms with van der Waals surface area (Å²) < 4.78 is 5.24. The molecule has 1 aromatic carbocycles. The molecule has 2 unspecified atom stereocenters. The van der Waals surface area contributed by atoms with Crippen LogP contribution in [0.15, 0.2) is 48.8 Å². The van der Waals surface area contributed by atoms with E-state index in [2.05, 4.69) is 15.6 Å². The van der Waals surface area contributed by atoms with Crippen LogP contribution in [-0.2, 0) is 38.6 Å². The van der Waals surface area contributed by atoms with Crippen molar-refractivity contribution < 1.29 is 23.9 Å². The van der Waals surface area contributed by atoms with Gasteiger partial charge in [-0.2, -0.15) is 0 Å². The minimum Gasteiger partial charge on any atom is -0.445 e. The van der Waals surface area contributed by atoms with Crippen LogP contribution in [0.1, 0.15) is 37.0 Å². The lowest BCUT2D eigenvalue weighted by Crippen LogP contribution is -2.46. The summed E-state index contributed by atoms with van der Waals surface area (Å²) in [6, 6.07) is 10.3. The van der Waals surface area contributed by atoms with Crippen LogP contribution in [0.4, 0.5) is 4.79 Å². The van der Waals surface area contributed by atoms with Gasteiger partial charge in [0.25, 0.3) is 5.91 Å². The number of pyridine rings is 1. The molecule has 2 aromatic rings. The zero-order chi connectivity index (χ0) is 23.8. The van der Waals surface area contributed by atoms with Gasteiger partial charge in [0.2, 0.25) is 5.78 Å². The molecule has 8 nitrogen and oxygen atoms in total. The van der Waals surface area contributed by atoms with E-state index in [0.717, 1.165) is 16.7 Å².